The van der Waals surface area contributed by atoms with Gasteiger partial charge in [-0.2, -0.15) is 5.10 Å². The van der Waals surface area contributed by atoms with Crippen molar-refractivity contribution in [1.82, 2.24) is 15.5 Å². The highest BCUT2D eigenvalue weighted by atomic mass is 32.1. The molecule has 1 aromatic heterocycles. The third kappa shape index (κ3) is 2.18. The molecule has 0 aliphatic heterocycles. The van der Waals surface area contributed by atoms with Gasteiger partial charge in [-0.15, -0.1) is 0 Å². The van der Waals surface area contributed by atoms with E-state index in [1.54, 1.807) is 13.2 Å². The zero-order valence-corrected chi connectivity index (χ0v) is 9.76. The first kappa shape index (κ1) is 11.3. The number of rotatable bonds is 2. The summed E-state index contributed by atoms with van der Waals surface area (Å²) in [5.74, 6) is -1.00. The topological polar surface area (TPSA) is 90.0 Å². The molecule has 17 heavy (non-hydrogen) atoms. The van der Waals surface area contributed by atoms with Crippen molar-refractivity contribution in [3.8, 4) is 0 Å². The number of carboxylic acid groups (broad SMARTS) is 1. The van der Waals surface area contributed by atoms with E-state index < -0.39 is 5.97 Å². The Bertz CT molecular complexity index is 593. The summed E-state index contributed by atoms with van der Waals surface area (Å²) >= 11 is 4.98. The molecule has 7 heteroatoms. The predicted octanol–water partition coefficient (Wildman–Crippen LogP) is 1.18. The van der Waals surface area contributed by atoms with Crippen LogP contribution in [0.25, 0.3) is 10.9 Å². The third-order valence-corrected chi connectivity index (χ3v) is 2.59. The van der Waals surface area contributed by atoms with Gasteiger partial charge in [-0.3, -0.25) is 5.10 Å². The lowest BCUT2D eigenvalue weighted by Crippen LogP contribution is -2.24. The molecule has 6 nitrogen and oxygen atoms in total. The summed E-state index contributed by atoms with van der Waals surface area (Å²) in [5.41, 5.74) is 1.42. The minimum atomic E-state index is -1.00. The Morgan fingerprint density at radius 1 is 1.53 bits per heavy atom. The summed E-state index contributed by atoms with van der Waals surface area (Å²) in [6.45, 7) is 0. The normalized spacial score (nSPS) is 10.2. The monoisotopic (exact) mass is 250 g/mol. The molecule has 0 fully saturated rings. The molecule has 1 aromatic carbocycles. The smallest absolute Gasteiger partial charge is 0.335 e. The van der Waals surface area contributed by atoms with E-state index in [0.717, 1.165) is 5.39 Å². The maximum Gasteiger partial charge on any atom is 0.335 e. The lowest BCUT2D eigenvalue weighted by Gasteiger charge is -2.09. The van der Waals surface area contributed by atoms with Crippen molar-refractivity contribution in [2.24, 2.45) is 0 Å². The molecule has 0 bridgehead atoms. The minimum absolute atomic E-state index is 0.170. The van der Waals surface area contributed by atoms with Crippen LogP contribution in [0.1, 0.15) is 10.4 Å². The summed E-state index contributed by atoms with van der Waals surface area (Å²) < 4.78 is 0. The summed E-state index contributed by atoms with van der Waals surface area (Å²) in [6, 6.07) is 3.04. The van der Waals surface area contributed by atoms with Crippen molar-refractivity contribution >= 4 is 39.9 Å². The second-order valence-electron chi connectivity index (χ2n) is 3.36. The van der Waals surface area contributed by atoms with Crippen molar-refractivity contribution < 1.29 is 9.90 Å². The Morgan fingerprint density at radius 3 is 2.94 bits per heavy atom. The number of hydrogen-bond donors (Lipinski definition) is 4. The molecule has 88 valence electrons. The highest BCUT2D eigenvalue weighted by Crippen LogP contribution is 2.23. The molecule has 0 saturated heterocycles. The van der Waals surface area contributed by atoms with E-state index in [0.29, 0.717) is 16.3 Å². The second kappa shape index (κ2) is 4.38. The molecule has 0 aliphatic carbocycles. The summed E-state index contributed by atoms with van der Waals surface area (Å²) in [7, 11) is 1.68. The van der Waals surface area contributed by atoms with Crippen LogP contribution in [0.4, 0.5) is 5.69 Å². The number of anilines is 1. The maximum absolute atomic E-state index is 11.0. The lowest BCUT2D eigenvalue weighted by atomic mass is 10.1. The first-order valence-corrected chi connectivity index (χ1v) is 5.22. The number of hydrogen-bond acceptors (Lipinski definition) is 3. The van der Waals surface area contributed by atoms with E-state index in [4.69, 9.17) is 17.3 Å². The standard InChI is InChI=1S/C10H10N4O2S/c1-11-10(17)13-7-2-5(9(15)16)3-8-6(7)4-12-14-8/h2-4H,1H3,(H,12,14)(H,15,16)(H2,11,13,17). The lowest BCUT2D eigenvalue weighted by molar-refractivity contribution is 0.0697. The Labute approximate surface area is 102 Å². The van der Waals surface area contributed by atoms with Crippen molar-refractivity contribution in [1.29, 1.82) is 0 Å². The van der Waals surface area contributed by atoms with Gasteiger partial charge in [0, 0.05) is 12.4 Å². The van der Waals surface area contributed by atoms with Crippen LogP contribution in [0.15, 0.2) is 18.3 Å². The van der Waals surface area contributed by atoms with Crippen LogP contribution in [0.2, 0.25) is 0 Å². The molecule has 0 aliphatic rings. The number of nitrogens with zero attached hydrogens (tertiary/aromatic N) is 1. The average Bonchev–Trinajstić information content (AvgIpc) is 2.76. The Kier molecular flexibility index (Phi) is 2.92. The Balaban J connectivity index is 2.54. The van der Waals surface area contributed by atoms with Crippen LogP contribution in [-0.4, -0.2) is 33.4 Å². The quantitative estimate of drug-likeness (QED) is 0.598. The van der Waals surface area contributed by atoms with E-state index in [9.17, 15) is 4.79 Å². The molecule has 0 atom stereocenters. The number of carboxylic acids is 1. The van der Waals surface area contributed by atoms with Crippen molar-refractivity contribution in [2.45, 2.75) is 0 Å². The number of benzene rings is 1. The fourth-order valence-electron chi connectivity index (χ4n) is 1.46. The highest BCUT2D eigenvalue weighted by Gasteiger charge is 2.10. The molecule has 4 N–H and O–H groups in total. The fourth-order valence-corrected chi connectivity index (χ4v) is 1.57. The van der Waals surface area contributed by atoms with Crippen LogP contribution < -0.4 is 10.6 Å². The fraction of sp³-hybridized carbons (Fsp3) is 0.100. The zero-order valence-electron chi connectivity index (χ0n) is 8.94. The van der Waals surface area contributed by atoms with Gasteiger partial charge in [-0.1, -0.05) is 0 Å². The van der Waals surface area contributed by atoms with Crippen LogP contribution in [0.5, 0.6) is 0 Å². The van der Waals surface area contributed by atoms with Gasteiger partial charge < -0.3 is 15.7 Å². The molecule has 0 unspecified atom stereocenters. The van der Waals surface area contributed by atoms with E-state index in [-0.39, 0.29) is 5.56 Å². The number of fused-ring (bicyclic) bond motifs is 1. The van der Waals surface area contributed by atoms with Gasteiger partial charge >= 0.3 is 5.97 Å². The van der Waals surface area contributed by atoms with Crippen LogP contribution in [0.3, 0.4) is 0 Å². The molecule has 0 spiro atoms. The van der Waals surface area contributed by atoms with Gasteiger partial charge in [0.15, 0.2) is 5.11 Å². The molecule has 1 heterocycles. The molecule has 2 aromatic rings. The van der Waals surface area contributed by atoms with Crippen molar-refractivity contribution in [3.63, 3.8) is 0 Å². The van der Waals surface area contributed by atoms with Gasteiger partial charge in [0.2, 0.25) is 0 Å². The molecule has 0 amide bonds. The molecular formula is C10H10N4O2S. The number of carbonyl (C=O) groups is 1. The molecular weight excluding hydrogens is 240 g/mol. The number of aromatic carboxylic acids is 1. The van der Waals surface area contributed by atoms with E-state index in [2.05, 4.69) is 20.8 Å². The zero-order chi connectivity index (χ0) is 12.4. The van der Waals surface area contributed by atoms with Gasteiger partial charge in [-0.05, 0) is 24.4 Å². The predicted molar refractivity (Wildman–Crippen MR) is 68.3 cm³/mol. The molecule has 0 radical (unpaired) electrons. The SMILES string of the molecule is CNC(=S)Nc1cc(C(=O)O)cc2[nH]ncc12. The number of aromatic amines is 1. The number of thiocarbonyl (C=S) groups is 1. The average molecular weight is 250 g/mol. The largest absolute Gasteiger partial charge is 0.478 e. The number of H-pyrrole nitrogens is 1. The van der Waals surface area contributed by atoms with Crippen molar-refractivity contribution in [3.05, 3.63) is 23.9 Å². The van der Waals surface area contributed by atoms with E-state index in [1.165, 1.54) is 12.1 Å². The van der Waals surface area contributed by atoms with Gasteiger partial charge in [0.1, 0.15) is 0 Å². The van der Waals surface area contributed by atoms with E-state index >= 15 is 0 Å². The third-order valence-electron chi connectivity index (χ3n) is 2.28. The number of aromatic nitrogens is 2. The number of nitrogens with one attached hydrogen (secondary N) is 3. The van der Waals surface area contributed by atoms with Gasteiger partial charge in [-0.25, -0.2) is 4.79 Å². The van der Waals surface area contributed by atoms with Gasteiger partial charge in [0.05, 0.1) is 23.0 Å². The minimum Gasteiger partial charge on any atom is -0.478 e. The second-order valence-corrected chi connectivity index (χ2v) is 3.77. The Morgan fingerprint density at radius 2 is 2.29 bits per heavy atom. The van der Waals surface area contributed by atoms with Crippen LogP contribution >= 0.6 is 12.2 Å². The highest BCUT2D eigenvalue weighted by molar-refractivity contribution is 7.80. The summed E-state index contributed by atoms with van der Waals surface area (Å²) in [4.78, 5) is 11.0. The maximum atomic E-state index is 11.0. The van der Waals surface area contributed by atoms with Crippen LogP contribution in [0, 0.1) is 0 Å². The molecule has 0 saturated carbocycles. The first-order chi connectivity index (χ1) is 8.11. The molecule has 2 rings (SSSR count). The summed E-state index contributed by atoms with van der Waals surface area (Å²) in [5, 5.41) is 22.5. The summed E-state index contributed by atoms with van der Waals surface area (Å²) in [6.07, 6.45) is 1.61. The van der Waals surface area contributed by atoms with Crippen LogP contribution in [-0.2, 0) is 0 Å². The van der Waals surface area contributed by atoms with E-state index in [1.807, 2.05) is 0 Å². The Hall–Kier alpha value is -2.15. The van der Waals surface area contributed by atoms with Gasteiger partial charge in [0.25, 0.3) is 0 Å². The van der Waals surface area contributed by atoms with Crippen molar-refractivity contribution in [2.75, 3.05) is 12.4 Å². The first-order valence-electron chi connectivity index (χ1n) is 4.81.